The lowest BCUT2D eigenvalue weighted by atomic mass is 10.1. The maximum atomic E-state index is 11.2. The summed E-state index contributed by atoms with van der Waals surface area (Å²) in [6, 6.07) is 7.73. The van der Waals surface area contributed by atoms with Gasteiger partial charge in [0.05, 0.1) is 11.2 Å². The summed E-state index contributed by atoms with van der Waals surface area (Å²) in [5, 5.41) is 4.27. The molecule has 0 fully saturated rings. The molecule has 0 radical (unpaired) electrons. The van der Waals surface area contributed by atoms with Crippen LogP contribution in [-0.4, -0.2) is 27.2 Å². The third kappa shape index (κ3) is 2.79. The maximum Gasteiger partial charge on any atom is 0.0953 e. The van der Waals surface area contributed by atoms with Gasteiger partial charge in [-0.3, -0.25) is 9.19 Å². The summed E-state index contributed by atoms with van der Waals surface area (Å²) in [6.45, 7) is 2.01. The fraction of sp³-hybridized carbons (Fsp3) is 0.308. The van der Waals surface area contributed by atoms with E-state index in [2.05, 4.69) is 10.3 Å². The van der Waals surface area contributed by atoms with Crippen molar-refractivity contribution in [2.75, 3.05) is 23.1 Å². The van der Waals surface area contributed by atoms with Crippen LogP contribution in [0.3, 0.4) is 0 Å². The molecule has 0 amide bonds. The number of benzene rings is 1. The van der Waals surface area contributed by atoms with Crippen LogP contribution in [0.15, 0.2) is 30.5 Å². The zero-order valence-electron chi connectivity index (χ0n) is 10.5. The zero-order valence-corrected chi connectivity index (χ0v) is 11.3. The minimum absolute atomic E-state index is 0.129. The van der Waals surface area contributed by atoms with Crippen LogP contribution in [0.2, 0.25) is 0 Å². The first kappa shape index (κ1) is 12.8. The molecule has 2 rings (SSSR count). The molecule has 0 aliphatic rings. The highest BCUT2D eigenvalue weighted by atomic mass is 32.2. The van der Waals surface area contributed by atoms with E-state index >= 15 is 0 Å². The number of nitrogens with zero attached hydrogens (tertiary/aromatic N) is 1. The highest BCUT2D eigenvalue weighted by Crippen LogP contribution is 2.26. The number of hydrogen-bond acceptors (Lipinski definition) is 4. The Hall–Kier alpha value is -1.62. The van der Waals surface area contributed by atoms with Crippen LogP contribution in [0.4, 0.5) is 11.4 Å². The Morgan fingerprint density at radius 3 is 2.94 bits per heavy atom. The van der Waals surface area contributed by atoms with Gasteiger partial charge in [-0.05, 0) is 31.2 Å². The van der Waals surface area contributed by atoms with Gasteiger partial charge in [0.15, 0.2) is 0 Å². The molecule has 96 valence electrons. The van der Waals surface area contributed by atoms with E-state index in [4.69, 9.17) is 5.73 Å². The number of nitrogen functional groups attached to an aromatic ring is 1. The zero-order chi connectivity index (χ0) is 13.1. The lowest BCUT2D eigenvalue weighted by Gasteiger charge is -2.15. The van der Waals surface area contributed by atoms with Crippen molar-refractivity contribution in [3.8, 4) is 0 Å². The van der Waals surface area contributed by atoms with E-state index in [9.17, 15) is 4.21 Å². The van der Waals surface area contributed by atoms with Crippen molar-refractivity contribution in [3.05, 3.63) is 30.5 Å². The number of anilines is 2. The van der Waals surface area contributed by atoms with Crippen LogP contribution >= 0.6 is 0 Å². The van der Waals surface area contributed by atoms with Crippen molar-refractivity contribution >= 4 is 33.1 Å². The summed E-state index contributed by atoms with van der Waals surface area (Å²) >= 11 is 0. The van der Waals surface area contributed by atoms with E-state index in [1.807, 2.05) is 31.2 Å². The predicted molar refractivity (Wildman–Crippen MR) is 78.2 cm³/mol. The Morgan fingerprint density at radius 1 is 1.44 bits per heavy atom. The average Bonchev–Trinajstić information content (AvgIpc) is 2.32. The molecule has 0 spiro atoms. The van der Waals surface area contributed by atoms with Gasteiger partial charge in [-0.15, -0.1) is 0 Å². The second-order valence-electron chi connectivity index (χ2n) is 4.39. The van der Waals surface area contributed by atoms with Crippen LogP contribution in [0.1, 0.15) is 6.92 Å². The summed E-state index contributed by atoms with van der Waals surface area (Å²) in [4.78, 5) is 4.36. The molecule has 18 heavy (non-hydrogen) atoms. The first-order valence-electron chi connectivity index (χ1n) is 5.77. The van der Waals surface area contributed by atoms with Crippen LogP contribution < -0.4 is 11.1 Å². The second-order valence-corrected chi connectivity index (χ2v) is 5.87. The summed E-state index contributed by atoms with van der Waals surface area (Å²) in [5.74, 6) is 0.610. The minimum atomic E-state index is -0.815. The molecule has 4 nitrogen and oxygen atoms in total. The van der Waals surface area contributed by atoms with E-state index in [1.165, 1.54) is 0 Å². The molecule has 5 heteroatoms. The SMILES string of the molecule is CC(CS(C)=O)Nc1ccc(N)c2cccnc12. The molecule has 0 aliphatic carbocycles. The quantitative estimate of drug-likeness (QED) is 0.828. The lowest BCUT2D eigenvalue weighted by Crippen LogP contribution is -2.22. The predicted octanol–water partition coefficient (Wildman–Crippen LogP) is 2.00. The second kappa shape index (κ2) is 5.35. The van der Waals surface area contributed by atoms with E-state index < -0.39 is 10.8 Å². The minimum Gasteiger partial charge on any atom is -0.398 e. The Labute approximate surface area is 109 Å². The number of aromatic nitrogens is 1. The molecule has 1 aromatic carbocycles. The van der Waals surface area contributed by atoms with Crippen molar-refractivity contribution in [2.24, 2.45) is 0 Å². The first-order valence-corrected chi connectivity index (χ1v) is 7.50. The topological polar surface area (TPSA) is 68.0 Å². The highest BCUT2D eigenvalue weighted by molar-refractivity contribution is 7.84. The summed E-state index contributed by atoms with van der Waals surface area (Å²) < 4.78 is 11.2. The van der Waals surface area contributed by atoms with Crippen molar-refractivity contribution in [2.45, 2.75) is 13.0 Å². The van der Waals surface area contributed by atoms with Gasteiger partial charge in [0.25, 0.3) is 0 Å². The number of nitrogens with two attached hydrogens (primary N) is 1. The van der Waals surface area contributed by atoms with Crippen LogP contribution in [0, 0.1) is 0 Å². The van der Waals surface area contributed by atoms with Gasteiger partial charge >= 0.3 is 0 Å². The van der Waals surface area contributed by atoms with Gasteiger partial charge in [-0.25, -0.2) is 0 Å². The Kier molecular flexibility index (Phi) is 3.81. The van der Waals surface area contributed by atoms with Crippen LogP contribution in [0.25, 0.3) is 10.9 Å². The number of fused-ring (bicyclic) bond motifs is 1. The van der Waals surface area contributed by atoms with Crippen LogP contribution in [0.5, 0.6) is 0 Å². The third-order valence-corrected chi connectivity index (χ3v) is 3.66. The molecule has 0 saturated carbocycles. The van der Waals surface area contributed by atoms with E-state index in [1.54, 1.807) is 12.5 Å². The van der Waals surface area contributed by atoms with E-state index in [-0.39, 0.29) is 6.04 Å². The molecule has 2 aromatic rings. The van der Waals surface area contributed by atoms with Crippen molar-refractivity contribution in [1.29, 1.82) is 0 Å². The van der Waals surface area contributed by atoms with Gasteiger partial charge in [0.1, 0.15) is 0 Å². The number of hydrogen-bond donors (Lipinski definition) is 2. The smallest absolute Gasteiger partial charge is 0.0953 e. The summed E-state index contributed by atoms with van der Waals surface area (Å²) in [6.07, 6.45) is 3.45. The van der Waals surface area contributed by atoms with Crippen molar-refractivity contribution < 1.29 is 4.21 Å². The highest BCUT2D eigenvalue weighted by Gasteiger charge is 2.09. The normalized spacial score (nSPS) is 14.3. The molecule has 0 bridgehead atoms. The average molecular weight is 263 g/mol. The first-order chi connectivity index (χ1) is 8.58. The maximum absolute atomic E-state index is 11.2. The Bertz CT molecular complexity index is 585. The van der Waals surface area contributed by atoms with Crippen molar-refractivity contribution in [3.63, 3.8) is 0 Å². The fourth-order valence-electron chi connectivity index (χ4n) is 1.97. The lowest BCUT2D eigenvalue weighted by molar-refractivity contribution is 0.683. The molecule has 0 saturated heterocycles. The molecule has 1 heterocycles. The standard InChI is InChI=1S/C13H17N3OS/c1-9(8-18(2)17)16-12-6-5-11(14)10-4-3-7-15-13(10)12/h3-7,9,16H,8,14H2,1-2H3. The fourth-order valence-corrected chi connectivity index (χ4v) is 2.76. The molecule has 2 atom stereocenters. The van der Waals surface area contributed by atoms with Gasteiger partial charge in [-0.2, -0.15) is 0 Å². The Balaban J connectivity index is 2.34. The summed E-state index contributed by atoms with van der Waals surface area (Å²) in [7, 11) is -0.815. The third-order valence-electron chi connectivity index (χ3n) is 2.69. The number of rotatable bonds is 4. The molecule has 2 unspecified atom stereocenters. The molecule has 1 aromatic heterocycles. The largest absolute Gasteiger partial charge is 0.398 e. The van der Waals surface area contributed by atoms with E-state index in [0.29, 0.717) is 5.75 Å². The van der Waals surface area contributed by atoms with Gasteiger partial charge < -0.3 is 11.1 Å². The van der Waals surface area contributed by atoms with Crippen molar-refractivity contribution in [1.82, 2.24) is 4.98 Å². The van der Waals surface area contributed by atoms with Gasteiger partial charge in [0, 0.05) is 46.1 Å². The van der Waals surface area contributed by atoms with Crippen LogP contribution in [-0.2, 0) is 10.8 Å². The molecule has 0 aliphatic heterocycles. The number of pyridine rings is 1. The number of nitrogens with one attached hydrogen (secondary N) is 1. The summed E-state index contributed by atoms with van der Waals surface area (Å²) in [5.41, 5.74) is 8.42. The Morgan fingerprint density at radius 2 is 2.22 bits per heavy atom. The molecule has 3 N–H and O–H groups in total. The molecular weight excluding hydrogens is 246 g/mol. The monoisotopic (exact) mass is 263 g/mol. The van der Waals surface area contributed by atoms with Gasteiger partial charge in [-0.1, -0.05) is 0 Å². The van der Waals surface area contributed by atoms with E-state index in [0.717, 1.165) is 22.3 Å². The van der Waals surface area contributed by atoms with Gasteiger partial charge in [0.2, 0.25) is 0 Å². The molecular formula is C13H17N3OS.